The van der Waals surface area contributed by atoms with E-state index < -0.39 is 32.3 Å². The van der Waals surface area contributed by atoms with Crippen LogP contribution in [-0.4, -0.2) is 39.5 Å². The van der Waals surface area contributed by atoms with Gasteiger partial charge in [0.15, 0.2) is 0 Å². The van der Waals surface area contributed by atoms with Gasteiger partial charge in [-0.1, -0.05) is 31.2 Å². The molecule has 3 N–H and O–H groups in total. The first-order valence-corrected chi connectivity index (χ1v) is 14.4. The predicted octanol–water partition coefficient (Wildman–Crippen LogP) is 3.11. The maximum Gasteiger partial charge on any atom is 0.357 e. The predicted molar refractivity (Wildman–Crippen MR) is 133 cm³/mol. The molecule has 3 aromatic rings. The van der Waals surface area contributed by atoms with Gasteiger partial charge in [-0.25, -0.2) is 22.9 Å². The Morgan fingerprint density at radius 1 is 1.11 bits per heavy atom. The van der Waals surface area contributed by atoms with Gasteiger partial charge in [-0.3, -0.25) is 9.27 Å². The van der Waals surface area contributed by atoms with E-state index in [4.69, 9.17) is 9.29 Å². The zero-order valence-corrected chi connectivity index (χ0v) is 21.4. The minimum absolute atomic E-state index is 0.167. The number of thiazole rings is 1. The maximum atomic E-state index is 13.1. The first-order chi connectivity index (χ1) is 16.5. The van der Waals surface area contributed by atoms with Gasteiger partial charge in [-0.05, 0) is 48.2 Å². The van der Waals surface area contributed by atoms with Gasteiger partial charge < -0.3 is 4.74 Å². The molecule has 1 atom stereocenters. The summed E-state index contributed by atoms with van der Waals surface area (Å²) in [7, 11) is -6.99. The lowest BCUT2D eigenvalue weighted by molar-refractivity contribution is 0.0600. The SMILES string of the molecule is CCc1nc(C(Cc2ccc(NS(=O)(=O)O)cc2)NS(=O)(=O)Cc2cccc(C(=O)OC)c2)cs1. The lowest BCUT2D eigenvalue weighted by Gasteiger charge is -2.18. The second kappa shape index (κ2) is 11.3. The molecule has 35 heavy (non-hydrogen) atoms. The molecule has 0 aliphatic rings. The molecule has 0 bridgehead atoms. The fraction of sp³-hybridized carbons (Fsp3) is 0.273. The summed E-state index contributed by atoms with van der Waals surface area (Å²) in [4.78, 5) is 16.3. The van der Waals surface area contributed by atoms with Gasteiger partial charge in [0, 0.05) is 5.38 Å². The largest absolute Gasteiger partial charge is 0.465 e. The van der Waals surface area contributed by atoms with Crippen LogP contribution < -0.4 is 9.44 Å². The van der Waals surface area contributed by atoms with Crippen molar-refractivity contribution >= 4 is 43.3 Å². The smallest absolute Gasteiger partial charge is 0.357 e. The number of carbonyl (C=O) groups excluding carboxylic acids is 1. The highest BCUT2D eigenvalue weighted by molar-refractivity contribution is 7.88. The second-order valence-electron chi connectivity index (χ2n) is 7.62. The molecule has 0 amide bonds. The Morgan fingerprint density at radius 3 is 2.43 bits per heavy atom. The van der Waals surface area contributed by atoms with Gasteiger partial charge in [-0.15, -0.1) is 11.3 Å². The van der Waals surface area contributed by atoms with Gasteiger partial charge >= 0.3 is 16.3 Å². The van der Waals surface area contributed by atoms with E-state index in [1.807, 2.05) is 11.6 Å². The molecule has 188 valence electrons. The summed E-state index contributed by atoms with van der Waals surface area (Å²) in [5.74, 6) is -0.910. The van der Waals surface area contributed by atoms with Crippen molar-refractivity contribution in [1.82, 2.24) is 9.71 Å². The lowest BCUT2D eigenvalue weighted by atomic mass is 10.0. The number of sulfonamides is 1. The average molecular weight is 540 g/mol. The summed E-state index contributed by atoms with van der Waals surface area (Å²) in [6.07, 6.45) is 0.959. The molecule has 0 saturated heterocycles. The number of aromatic nitrogens is 1. The molecule has 2 aromatic carbocycles. The summed E-state index contributed by atoms with van der Waals surface area (Å²) in [6, 6.07) is 11.7. The van der Waals surface area contributed by atoms with Gasteiger partial charge in [0.25, 0.3) is 0 Å². The van der Waals surface area contributed by atoms with E-state index in [1.165, 1.54) is 36.6 Å². The number of ether oxygens (including phenoxy) is 1. The van der Waals surface area contributed by atoms with E-state index in [9.17, 15) is 21.6 Å². The zero-order chi connectivity index (χ0) is 25.6. The Labute approximate surface area is 208 Å². The number of anilines is 1. The van der Waals surface area contributed by atoms with E-state index in [-0.39, 0.29) is 23.4 Å². The molecule has 0 spiro atoms. The van der Waals surface area contributed by atoms with E-state index in [2.05, 4.69) is 9.71 Å². The quantitative estimate of drug-likeness (QED) is 0.248. The minimum atomic E-state index is -4.40. The molecular weight excluding hydrogens is 514 g/mol. The molecule has 0 fully saturated rings. The van der Waals surface area contributed by atoms with Crippen molar-refractivity contribution < 1.29 is 30.9 Å². The number of aryl methyl sites for hydroxylation is 1. The normalized spacial score (nSPS) is 12.8. The number of carbonyl (C=O) groups is 1. The highest BCUT2D eigenvalue weighted by Crippen LogP contribution is 2.24. The summed E-state index contributed by atoms with van der Waals surface area (Å²) >= 11 is 1.43. The lowest BCUT2D eigenvalue weighted by Crippen LogP contribution is -2.31. The van der Waals surface area contributed by atoms with Crippen LogP contribution in [0.25, 0.3) is 0 Å². The van der Waals surface area contributed by atoms with E-state index in [1.54, 1.807) is 35.7 Å². The van der Waals surface area contributed by atoms with Crippen molar-refractivity contribution in [3.63, 3.8) is 0 Å². The molecule has 13 heteroatoms. The van der Waals surface area contributed by atoms with Crippen LogP contribution in [0.2, 0.25) is 0 Å². The van der Waals surface area contributed by atoms with Gasteiger partial charge in [0.1, 0.15) is 0 Å². The van der Waals surface area contributed by atoms with Gasteiger partial charge in [0.05, 0.1) is 40.9 Å². The number of hydrogen-bond donors (Lipinski definition) is 3. The van der Waals surface area contributed by atoms with E-state index >= 15 is 0 Å². The van der Waals surface area contributed by atoms with Crippen LogP contribution in [0.1, 0.15) is 45.2 Å². The molecule has 0 radical (unpaired) electrons. The third-order valence-corrected chi connectivity index (χ3v) is 7.76. The third kappa shape index (κ3) is 8.11. The molecule has 1 unspecified atom stereocenters. The number of nitrogens with zero attached hydrogens (tertiary/aromatic N) is 1. The molecular formula is C22H25N3O7S3. The molecule has 0 saturated carbocycles. The second-order valence-corrected chi connectivity index (χ2v) is 11.5. The zero-order valence-electron chi connectivity index (χ0n) is 19.0. The maximum absolute atomic E-state index is 13.1. The summed E-state index contributed by atoms with van der Waals surface area (Å²) in [5.41, 5.74) is 2.13. The Balaban J connectivity index is 1.82. The fourth-order valence-corrected chi connectivity index (χ4v) is 5.90. The number of hydrogen-bond acceptors (Lipinski definition) is 8. The topological polar surface area (TPSA) is 152 Å². The fourth-order valence-electron chi connectivity index (χ4n) is 3.33. The number of nitrogens with one attached hydrogen (secondary N) is 2. The first kappa shape index (κ1) is 26.8. The highest BCUT2D eigenvalue weighted by Gasteiger charge is 2.23. The molecule has 0 aliphatic heterocycles. The highest BCUT2D eigenvalue weighted by atomic mass is 32.2. The molecule has 0 aliphatic carbocycles. The van der Waals surface area contributed by atoms with Crippen LogP contribution in [0, 0.1) is 0 Å². The number of methoxy groups -OCH3 is 1. The van der Waals surface area contributed by atoms with Crippen molar-refractivity contribution in [3.8, 4) is 0 Å². The van der Waals surface area contributed by atoms with Crippen molar-refractivity contribution in [2.24, 2.45) is 0 Å². The van der Waals surface area contributed by atoms with E-state index in [0.717, 1.165) is 10.6 Å². The third-order valence-electron chi connectivity index (χ3n) is 4.90. The Kier molecular flexibility index (Phi) is 8.61. The molecule has 1 heterocycles. The van der Waals surface area contributed by atoms with Crippen molar-refractivity contribution in [2.45, 2.75) is 31.6 Å². The van der Waals surface area contributed by atoms with Crippen molar-refractivity contribution in [3.05, 3.63) is 81.3 Å². The van der Waals surface area contributed by atoms with Crippen LogP contribution in [-0.2, 0) is 43.7 Å². The van der Waals surface area contributed by atoms with Crippen LogP contribution in [0.4, 0.5) is 5.69 Å². The Morgan fingerprint density at radius 2 is 1.83 bits per heavy atom. The van der Waals surface area contributed by atoms with Gasteiger partial charge in [0.2, 0.25) is 10.0 Å². The van der Waals surface area contributed by atoms with Crippen LogP contribution in [0.5, 0.6) is 0 Å². The summed E-state index contributed by atoms with van der Waals surface area (Å²) in [6.45, 7) is 1.96. The Hall–Kier alpha value is -2.84. The molecule has 3 rings (SSSR count). The van der Waals surface area contributed by atoms with Crippen LogP contribution in [0.15, 0.2) is 53.9 Å². The first-order valence-electron chi connectivity index (χ1n) is 10.4. The summed E-state index contributed by atoms with van der Waals surface area (Å²) < 4.78 is 66.4. The van der Waals surface area contributed by atoms with Crippen molar-refractivity contribution in [1.29, 1.82) is 0 Å². The number of esters is 1. The monoisotopic (exact) mass is 539 g/mol. The van der Waals surface area contributed by atoms with E-state index in [0.29, 0.717) is 17.7 Å². The summed E-state index contributed by atoms with van der Waals surface area (Å²) in [5, 5.41) is 2.67. The Bertz CT molecular complexity index is 1390. The van der Waals surface area contributed by atoms with Crippen molar-refractivity contribution in [2.75, 3.05) is 11.8 Å². The molecule has 1 aromatic heterocycles. The average Bonchev–Trinajstić information content (AvgIpc) is 3.27. The number of benzene rings is 2. The standard InChI is InChI=1S/C22H25N3O7S3/c1-3-21-23-20(13-33-21)19(12-15-7-9-18(10-8-15)24-35(29,30)31)25-34(27,28)14-16-5-4-6-17(11-16)22(26)32-2/h4-11,13,19,24-25H,3,12,14H2,1-2H3,(H,29,30,31). The number of rotatable bonds is 11. The van der Waals surface area contributed by atoms with Crippen LogP contribution in [0.3, 0.4) is 0 Å². The molecule has 10 nitrogen and oxygen atoms in total. The van der Waals surface area contributed by atoms with Crippen LogP contribution >= 0.6 is 11.3 Å². The van der Waals surface area contributed by atoms with Gasteiger partial charge in [-0.2, -0.15) is 8.42 Å². The minimum Gasteiger partial charge on any atom is -0.465 e.